The molecule has 0 bridgehead atoms. The zero-order valence-corrected chi connectivity index (χ0v) is 15.4. The van der Waals surface area contributed by atoms with Crippen LogP contribution in [0.5, 0.6) is 0 Å². The largest absolute Gasteiger partial charge is 0.140 e. The molecule has 2 atom stereocenters. The number of hydrogen-bond acceptors (Lipinski definition) is 0. The summed E-state index contributed by atoms with van der Waals surface area (Å²) in [7, 11) is 15.5. The minimum atomic E-state index is 0.588. The number of hydrogen-bond donors (Lipinski definition) is 0. The SMILES string of the molecule is B/C=C(B)/C(B)=C(C1=CC(B)C(B)C=C1B)\C(B)=C\Br. The lowest BCUT2D eigenvalue weighted by molar-refractivity contribution is 1.000. The third-order valence-corrected chi connectivity index (χ3v) is 5.11. The first-order chi connectivity index (χ1) is 9.33. The monoisotopic (exact) mass is 320 g/mol. The Hall–Kier alpha value is -0.365. The van der Waals surface area contributed by atoms with Crippen LogP contribution in [0.3, 0.4) is 0 Å². The average Bonchev–Trinajstić information content (AvgIpc) is 2.43. The maximum absolute atomic E-state index is 3.51. The Kier molecular flexibility index (Phi) is 6.71. The van der Waals surface area contributed by atoms with Gasteiger partial charge in [0.15, 0.2) is 0 Å². The number of allylic oxidation sites excluding steroid dienone is 8. The highest BCUT2D eigenvalue weighted by Gasteiger charge is 2.20. The molecule has 0 aromatic carbocycles. The molecule has 20 heavy (non-hydrogen) atoms. The lowest BCUT2D eigenvalue weighted by Crippen LogP contribution is -2.12. The summed E-state index contributed by atoms with van der Waals surface area (Å²) in [5, 5.41) is 0. The summed E-state index contributed by atoms with van der Waals surface area (Å²) in [6.07, 6.45) is 4.83. The Labute approximate surface area is 138 Å². The molecular weight excluding hydrogens is 300 g/mol. The first-order valence-electron chi connectivity index (χ1n) is 7.35. The Morgan fingerprint density at radius 3 is 2.10 bits per heavy atom. The van der Waals surface area contributed by atoms with Crippen LogP contribution in [0.25, 0.3) is 0 Å². The topological polar surface area (TPSA) is 0 Å². The predicted octanol–water partition coefficient (Wildman–Crippen LogP) is -2.85. The highest BCUT2D eigenvalue weighted by Crippen LogP contribution is 2.37. The summed E-state index contributed by atoms with van der Waals surface area (Å²) >= 11 is 3.51. The van der Waals surface area contributed by atoms with E-state index in [2.05, 4.69) is 89.0 Å². The van der Waals surface area contributed by atoms with Crippen molar-refractivity contribution in [2.75, 3.05) is 0 Å². The third-order valence-electron chi connectivity index (χ3n) is 4.42. The van der Waals surface area contributed by atoms with Crippen molar-refractivity contribution in [3.63, 3.8) is 0 Å². The second kappa shape index (κ2) is 7.59. The van der Waals surface area contributed by atoms with Crippen LogP contribution in [-0.2, 0) is 0 Å². The lowest BCUT2D eigenvalue weighted by Gasteiger charge is -2.27. The van der Waals surface area contributed by atoms with Crippen LogP contribution < -0.4 is 0 Å². The maximum atomic E-state index is 3.51. The quantitative estimate of drug-likeness (QED) is 0.388. The van der Waals surface area contributed by atoms with E-state index in [-0.39, 0.29) is 0 Å². The molecule has 0 saturated heterocycles. The standard InChI is InChI=1S/C12H20B7Br/c13-3-9(17)12(19)11(10(18)4-20)5-1-7(15)8(16)2-6(5)14/h1-4,7-8H,13-19H2/b9-3-,10-4-,12-11+. The maximum Gasteiger partial charge on any atom is 0.140 e. The van der Waals surface area contributed by atoms with Gasteiger partial charge in [-0.15, -0.1) is 11.4 Å². The fourth-order valence-electron chi connectivity index (χ4n) is 2.64. The summed E-state index contributed by atoms with van der Waals surface area (Å²) in [5.41, 5.74) is 8.13. The molecule has 0 fully saturated rings. The molecular formula is C12H20B7Br. The van der Waals surface area contributed by atoms with E-state index in [0.29, 0.717) is 11.6 Å². The van der Waals surface area contributed by atoms with Gasteiger partial charge in [-0.3, -0.25) is 0 Å². The molecule has 1 aliphatic rings. The van der Waals surface area contributed by atoms with Gasteiger partial charge < -0.3 is 0 Å². The number of halogens is 1. The summed E-state index contributed by atoms with van der Waals surface area (Å²) in [6.45, 7) is 0. The van der Waals surface area contributed by atoms with Gasteiger partial charge in [-0.1, -0.05) is 56.1 Å². The summed E-state index contributed by atoms with van der Waals surface area (Å²) < 4.78 is 0. The molecule has 1 aliphatic carbocycles. The Morgan fingerprint density at radius 1 is 1.05 bits per heavy atom. The van der Waals surface area contributed by atoms with E-state index < -0.39 is 0 Å². The van der Waals surface area contributed by atoms with Crippen molar-refractivity contribution in [2.24, 2.45) is 0 Å². The average molecular weight is 320 g/mol. The summed E-state index contributed by atoms with van der Waals surface area (Å²) in [4.78, 5) is 2.03. The molecule has 0 heterocycles. The molecule has 8 heteroatoms. The van der Waals surface area contributed by atoms with Crippen LogP contribution >= 0.6 is 15.9 Å². The predicted molar refractivity (Wildman–Crippen MR) is 116 cm³/mol. The molecule has 0 aromatic rings. The minimum Gasteiger partial charge on any atom is -0.130 e. The fourth-order valence-corrected chi connectivity index (χ4v) is 2.87. The molecule has 0 aliphatic heterocycles. The van der Waals surface area contributed by atoms with E-state index in [0.717, 1.165) is 0 Å². The van der Waals surface area contributed by atoms with E-state index in [1.807, 2.05) is 4.99 Å². The molecule has 96 valence electrons. The molecule has 0 N–H and O–H groups in total. The minimum absolute atomic E-state index is 0.588. The Balaban J connectivity index is 3.50. The first-order valence-corrected chi connectivity index (χ1v) is 8.27. The second-order valence-electron chi connectivity index (χ2n) is 5.91. The summed E-state index contributed by atoms with van der Waals surface area (Å²) in [5.74, 6) is 3.40. The van der Waals surface area contributed by atoms with Crippen molar-refractivity contribution in [3.8, 4) is 0 Å². The lowest BCUT2D eigenvalue weighted by atomic mass is 9.58. The van der Waals surface area contributed by atoms with Crippen LogP contribution in [0.2, 0.25) is 11.6 Å². The third kappa shape index (κ3) is 3.84. The van der Waals surface area contributed by atoms with Gasteiger partial charge in [-0.2, -0.15) is 0 Å². The van der Waals surface area contributed by atoms with Crippen molar-refractivity contribution in [2.45, 2.75) is 11.6 Å². The smallest absolute Gasteiger partial charge is 0.130 e. The van der Waals surface area contributed by atoms with Gasteiger partial charge in [0.25, 0.3) is 0 Å². The van der Waals surface area contributed by atoms with E-state index in [4.69, 9.17) is 0 Å². The zero-order chi connectivity index (χ0) is 15.4. The highest BCUT2D eigenvalue weighted by molar-refractivity contribution is 9.11. The first kappa shape index (κ1) is 17.7. The van der Waals surface area contributed by atoms with Crippen molar-refractivity contribution >= 4 is 70.9 Å². The van der Waals surface area contributed by atoms with Crippen LogP contribution in [0.4, 0.5) is 0 Å². The van der Waals surface area contributed by atoms with Crippen molar-refractivity contribution < 1.29 is 0 Å². The zero-order valence-electron chi connectivity index (χ0n) is 13.8. The molecule has 0 amide bonds. The van der Waals surface area contributed by atoms with Gasteiger partial charge in [-0.05, 0) is 16.1 Å². The van der Waals surface area contributed by atoms with E-state index in [1.54, 1.807) is 0 Å². The van der Waals surface area contributed by atoms with Crippen LogP contribution in [-0.4, -0.2) is 54.9 Å². The van der Waals surface area contributed by atoms with Gasteiger partial charge in [0.2, 0.25) is 0 Å². The molecule has 0 radical (unpaired) electrons. The van der Waals surface area contributed by atoms with Crippen LogP contribution in [0, 0.1) is 0 Å². The normalized spacial score (nSPS) is 25.6. The summed E-state index contributed by atoms with van der Waals surface area (Å²) in [6, 6.07) is 0. The molecule has 0 spiro atoms. The van der Waals surface area contributed by atoms with Crippen molar-refractivity contribution in [1.29, 1.82) is 0 Å². The fraction of sp³-hybridized carbons (Fsp3) is 0.167. The van der Waals surface area contributed by atoms with E-state index in [9.17, 15) is 0 Å². The van der Waals surface area contributed by atoms with Gasteiger partial charge in [-0.25, -0.2) is 0 Å². The molecule has 0 nitrogen and oxygen atoms in total. The highest BCUT2D eigenvalue weighted by atomic mass is 79.9. The van der Waals surface area contributed by atoms with E-state index in [1.165, 1.54) is 33.0 Å². The molecule has 2 unspecified atom stereocenters. The number of rotatable bonds is 3. The van der Waals surface area contributed by atoms with Crippen LogP contribution in [0.15, 0.2) is 56.1 Å². The van der Waals surface area contributed by atoms with Gasteiger partial charge in [0, 0.05) is 0 Å². The van der Waals surface area contributed by atoms with Crippen LogP contribution in [0.1, 0.15) is 0 Å². The molecule has 1 rings (SSSR count). The Morgan fingerprint density at radius 2 is 1.60 bits per heavy atom. The molecule has 0 saturated carbocycles. The second-order valence-corrected chi connectivity index (χ2v) is 6.37. The van der Waals surface area contributed by atoms with Gasteiger partial charge in [0.1, 0.15) is 54.9 Å². The van der Waals surface area contributed by atoms with Gasteiger partial charge >= 0.3 is 0 Å². The Bertz CT molecular complexity index is 542. The molecule has 0 aromatic heterocycles. The van der Waals surface area contributed by atoms with Crippen molar-refractivity contribution in [1.82, 2.24) is 0 Å². The van der Waals surface area contributed by atoms with Crippen molar-refractivity contribution in [3.05, 3.63) is 56.1 Å². The van der Waals surface area contributed by atoms with Gasteiger partial charge in [0.05, 0.1) is 0 Å². The van der Waals surface area contributed by atoms with E-state index >= 15 is 0 Å².